The third-order valence-corrected chi connectivity index (χ3v) is 4.29. The molecule has 0 radical (unpaired) electrons. The fourth-order valence-corrected chi connectivity index (χ4v) is 3.42. The Hall–Kier alpha value is -1.42. The molecular formula is C18H20O3. The molecule has 2 saturated heterocycles. The van der Waals surface area contributed by atoms with Crippen molar-refractivity contribution in [1.82, 2.24) is 0 Å². The van der Waals surface area contributed by atoms with E-state index in [9.17, 15) is 0 Å². The first kappa shape index (κ1) is 13.3. The topological polar surface area (TPSA) is 27.7 Å². The van der Waals surface area contributed by atoms with E-state index in [1.807, 2.05) is 19.9 Å². The van der Waals surface area contributed by atoms with Crippen molar-refractivity contribution >= 4 is 6.08 Å². The molecule has 3 heterocycles. The number of fused-ring (bicyclic) bond motifs is 5. The molecule has 0 aliphatic carbocycles. The van der Waals surface area contributed by atoms with Crippen LogP contribution in [0.2, 0.25) is 0 Å². The summed E-state index contributed by atoms with van der Waals surface area (Å²) in [5.41, 5.74) is 2.52. The smallest absolute Gasteiger partial charge is 0.164 e. The van der Waals surface area contributed by atoms with Crippen molar-refractivity contribution in [2.45, 2.75) is 50.5 Å². The Morgan fingerprint density at radius 3 is 2.62 bits per heavy atom. The molecule has 0 amide bonds. The first-order valence-corrected chi connectivity index (χ1v) is 7.56. The van der Waals surface area contributed by atoms with Crippen LogP contribution in [0.1, 0.15) is 25.8 Å². The number of rotatable bonds is 2. The van der Waals surface area contributed by atoms with Crippen molar-refractivity contribution in [3.05, 3.63) is 53.6 Å². The zero-order valence-corrected chi connectivity index (χ0v) is 12.4. The van der Waals surface area contributed by atoms with Crippen LogP contribution in [0.4, 0.5) is 0 Å². The van der Waals surface area contributed by atoms with E-state index in [0.29, 0.717) is 0 Å². The lowest BCUT2D eigenvalue weighted by Gasteiger charge is -2.26. The molecule has 3 aliphatic rings. The van der Waals surface area contributed by atoms with Crippen molar-refractivity contribution < 1.29 is 14.2 Å². The second-order valence-electron chi connectivity index (χ2n) is 6.39. The summed E-state index contributed by atoms with van der Waals surface area (Å²) in [4.78, 5) is 0. The first-order valence-electron chi connectivity index (χ1n) is 7.56. The Kier molecular flexibility index (Phi) is 3.03. The maximum absolute atomic E-state index is 5.99. The normalized spacial score (nSPS) is 36.8. The molecule has 2 fully saturated rings. The van der Waals surface area contributed by atoms with Crippen molar-refractivity contribution in [2.24, 2.45) is 0 Å². The summed E-state index contributed by atoms with van der Waals surface area (Å²) in [6.45, 7) is 3.95. The molecule has 1 aromatic carbocycles. The second-order valence-corrected chi connectivity index (χ2v) is 6.39. The van der Waals surface area contributed by atoms with Gasteiger partial charge in [0.25, 0.3) is 0 Å². The van der Waals surface area contributed by atoms with E-state index >= 15 is 0 Å². The van der Waals surface area contributed by atoms with E-state index < -0.39 is 5.79 Å². The molecule has 0 saturated carbocycles. The standard InChI is InChI=1S/C18H20O3/c1-18(2)20-16-14-10-13(11-15(19-14)17(16)21-18)9-8-12-6-4-3-5-7-12/h3-10,14-17H,11H2,1-2H3/b9-8+/t14-,15+,16-,17+/m1/s1. The summed E-state index contributed by atoms with van der Waals surface area (Å²) >= 11 is 0. The number of allylic oxidation sites excluding steroid dienone is 1. The summed E-state index contributed by atoms with van der Waals surface area (Å²) < 4.78 is 18.0. The Balaban J connectivity index is 1.52. The third-order valence-electron chi connectivity index (χ3n) is 4.29. The highest BCUT2D eigenvalue weighted by Gasteiger charge is 2.55. The molecule has 3 nitrogen and oxygen atoms in total. The molecule has 2 bridgehead atoms. The van der Waals surface area contributed by atoms with Crippen LogP contribution in [0.15, 0.2) is 48.1 Å². The molecule has 1 aromatic rings. The number of benzene rings is 1. The largest absolute Gasteiger partial charge is 0.365 e. The fraction of sp³-hybridized carbons (Fsp3) is 0.444. The van der Waals surface area contributed by atoms with E-state index in [-0.39, 0.29) is 24.4 Å². The highest BCUT2D eigenvalue weighted by molar-refractivity contribution is 5.53. The summed E-state index contributed by atoms with van der Waals surface area (Å²) in [7, 11) is 0. The van der Waals surface area contributed by atoms with Gasteiger partial charge in [0.15, 0.2) is 5.79 Å². The van der Waals surface area contributed by atoms with Gasteiger partial charge in [0.2, 0.25) is 0 Å². The molecule has 4 atom stereocenters. The van der Waals surface area contributed by atoms with Gasteiger partial charge in [-0.25, -0.2) is 0 Å². The van der Waals surface area contributed by atoms with Gasteiger partial charge in [-0.3, -0.25) is 0 Å². The SMILES string of the molecule is CC1(C)O[C@@H]2[C@H](O1)[C@H]1C=C(/C=C/c3ccccc3)C[C@@H]2O1. The predicted octanol–water partition coefficient (Wildman–Crippen LogP) is 3.32. The molecule has 3 heteroatoms. The zero-order valence-electron chi connectivity index (χ0n) is 12.4. The average molecular weight is 284 g/mol. The lowest BCUT2D eigenvalue weighted by atomic mass is 10.0. The van der Waals surface area contributed by atoms with Crippen LogP contribution in [0, 0.1) is 0 Å². The second kappa shape index (κ2) is 4.80. The molecule has 110 valence electrons. The first-order chi connectivity index (χ1) is 10.1. The predicted molar refractivity (Wildman–Crippen MR) is 80.7 cm³/mol. The van der Waals surface area contributed by atoms with Crippen LogP contribution in [-0.2, 0) is 14.2 Å². The van der Waals surface area contributed by atoms with Crippen molar-refractivity contribution in [3.8, 4) is 0 Å². The van der Waals surface area contributed by atoms with Crippen LogP contribution in [0.25, 0.3) is 6.08 Å². The van der Waals surface area contributed by atoms with Gasteiger partial charge in [0, 0.05) is 6.42 Å². The van der Waals surface area contributed by atoms with Crippen LogP contribution in [0.5, 0.6) is 0 Å². The van der Waals surface area contributed by atoms with Gasteiger partial charge < -0.3 is 14.2 Å². The Bertz CT molecular complexity index is 588. The molecule has 0 N–H and O–H groups in total. The summed E-state index contributed by atoms with van der Waals surface area (Å²) in [5, 5.41) is 0. The van der Waals surface area contributed by atoms with Gasteiger partial charge >= 0.3 is 0 Å². The summed E-state index contributed by atoms with van der Waals surface area (Å²) in [6.07, 6.45) is 7.64. The minimum absolute atomic E-state index is 0.0194. The van der Waals surface area contributed by atoms with E-state index in [1.165, 1.54) is 11.1 Å². The molecule has 0 unspecified atom stereocenters. The van der Waals surface area contributed by atoms with Crippen molar-refractivity contribution in [3.63, 3.8) is 0 Å². The molecule has 0 spiro atoms. The Labute approximate surface area is 125 Å². The Morgan fingerprint density at radius 1 is 1.05 bits per heavy atom. The van der Waals surface area contributed by atoms with E-state index in [0.717, 1.165) is 6.42 Å². The van der Waals surface area contributed by atoms with E-state index in [2.05, 4.69) is 42.5 Å². The molecule has 3 aliphatic heterocycles. The third kappa shape index (κ3) is 2.46. The average Bonchev–Trinajstić information content (AvgIpc) is 2.91. The summed E-state index contributed by atoms with van der Waals surface area (Å²) in [5.74, 6) is -0.485. The van der Waals surface area contributed by atoms with Crippen molar-refractivity contribution in [2.75, 3.05) is 0 Å². The molecule has 0 aromatic heterocycles. The zero-order chi connectivity index (χ0) is 14.4. The lowest BCUT2D eigenvalue weighted by molar-refractivity contribution is -0.183. The fourth-order valence-electron chi connectivity index (χ4n) is 3.42. The van der Waals surface area contributed by atoms with Crippen LogP contribution in [-0.4, -0.2) is 30.2 Å². The Morgan fingerprint density at radius 2 is 1.81 bits per heavy atom. The van der Waals surface area contributed by atoms with Gasteiger partial charge in [0.05, 0.1) is 6.10 Å². The number of hydrogen-bond acceptors (Lipinski definition) is 3. The van der Waals surface area contributed by atoms with E-state index in [1.54, 1.807) is 0 Å². The van der Waals surface area contributed by atoms with Gasteiger partial charge in [-0.05, 0) is 31.1 Å². The number of ether oxygens (including phenoxy) is 3. The molecule has 4 rings (SSSR count). The van der Waals surface area contributed by atoms with Crippen LogP contribution < -0.4 is 0 Å². The van der Waals surface area contributed by atoms with Gasteiger partial charge in [0.1, 0.15) is 18.3 Å². The lowest BCUT2D eigenvalue weighted by Crippen LogP contribution is -2.30. The molecule has 21 heavy (non-hydrogen) atoms. The van der Waals surface area contributed by atoms with Gasteiger partial charge in [-0.15, -0.1) is 0 Å². The van der Waals surface area contributed by atoms with E-state index in [4.69, 9.17) is 14.2 Å². The number of hydrogen-bond donors (Lipinski definition) is 0. The quantitative estimate of drug-likeness (QED) is 0.834. The minimum Gasteiger partial charge on any atom is -0.365 e. The maximum atomic E-state index is 5.99. The molecular weight excluding hydrogens is 264 g/mol. The van der Waals surface area contributed by atoms with Crippen molar-refractivity contribution in [1.29, 1.82) is 0 Å². The van der Waals surface area contributed by atoms with Gasteiger partial charge in [-0.1, -0.05) is 42.5 Å². The van der Waals surface area contributed by atoms with Crippen LogP contribution in [0.3, 0.4) is 0 Å². The highest BCUT2D eigenvalue weighted by Crippen LogP contribution is 2.43. The highest BCUT2D eigenvalue weighted by atomic mass is 16.8. The summed E-state index contributed by atoms with van der Waals surface area (Å²) in [6, 6.07) is 10.3. The minimum atomic E-state index is -0.485. The van der Waals surface area contributed by atoms with Crippen LogP contribution >= 0.6 is 0 Å². The maximum Gasteiger partial charge on any atom is 0.164 e. The monoisotopic (exact) mass is 284 g/mol. The van der Waals surface area contributed by atoms with Gasteiger partial charge in [-0.2, -0.15) is 0 Å².